The maximum atomic E-state index is 12.0. The number of ether oxygens (including phenoxy) is 1. The number of nitrogens with one attached hydrogen (secondary N) is 1. The van der Waals surface area contributed by atoms with E-state index >= 15 is 0 Å². The molecule has 0 bridgehead atoms. The average molecular weight is 306 g/mol. The standard InChI is InChI=1S/C16H22N2O4/c1-2-3-11-22-18-10-9-14(15(18)19)17-16(20)21-12-13-7-5-4-6-8-13/h4-8,14H,2-3,9-12H2,1H3,(H,17,20)/t14-/m0/s1. The van der Waals surface area contributed by atoms with Crippen LogP contribution in [0.2, 0.25) is 0 Å². The van der Waals surface area contributed by atoms with E-state index in [1.807, 2.05) is 30.3 Å². The number of hydroxylamine groups is 2. The molecule has 0 aromatic heterocycles. The minimum absolute atomic E-state index is 0.185. The molecule has 1 heterocycles. The van der Waals surface area contributed by atoms with E-state index in [1.165, 1.54) is 5.06 Å². The van der Waals surface area contributed by atoms with E-state index in [9.17, 15) is 9.59 Å². The number of unbranched alkanes of at least 4 members (excludes halogenated alkanes) is 1. The Morgan fingerprint density at radius 2 is 2.14 bits per heavy atom. The summed E-state index contributed by atoms with van der Waals surface area (Å²) in [6.07, 6.45) is 1.86. The molecule has 1 aliphatic rings. The Labute approximate surface area is 130 Å². The van der Waals surface area contributed by atoms with Crippen molar-refractivity contribution in [2.24, 2.45) is 0 Å². The lowest BCUT2D eigenvalue weighted by molar-refractivity contribution is -0.178. The molecule has 0 saturated carbocycles. The summed E-state index contributed by atoms with van der Waals surface area (Å²) < 4.78 is 5.11. The SMILES string of the molecule is CCCCON1CC[C@H](NC(=O)OCc2ccccc2)C1=O. The summed E-state index contributed by atoms with van der Waals surface area (Å²) in [6.45, 7) is 3.26. The number of carbonyl (C=O) groups is 2. The minimum Gasteiger partial charge on any atom is -0.445 e. The van der Waals surface area contributed by atoms with Crippen LogP contribution in [0.5, 0.6) is 0 Å². The first-order chi connectivity index (χ1) is 10.7. The summed E-state index contributed by atoms with van der Waals surface area (Å²) in [5.74, 6) is -0.215. The van der Waals surface area contributed by atoms with Crippen LogP contribution < -0.4 is 5.32 Å². The van der Waals surface area contributed by atoms with Crippen molar-refractivity contribution < 1.29 is 19.2 Å². The monoisotopic (exact) mass is 306 g/mol. The fourth-order valence-electron chi connectivity index (χ4n) is 2.14. The van der Waals surface area contributed by atoms with Gasteiger partial charge >= 0.3 is 6.09 Å². The molecule has 1 fully saturated rings. The van der Waals surface area contributed by atoms with E-state index in [2.05, 4.69) is 12.2 Å². The average Bonchev–Trinajstić information content (AvgIpc) is 2.87. The Morgan fingerprint density at radius 3 is 2.86 bits per heavy atom. The smallest absolute Gasteiger partial charge is 0.408 e. The Morgan fingerprint density at radius 1 is 1.36 bits per heavy atom. The summed E-state index contributed by atoms with van der Waals surface area (Å²) >= 11 is 0. The van der Waals surface area contributed by atoms with Gasteiger partial charge < -0.3 is 10.1 Å². The number of hydrogen-bond acceptors (Lipinski definition) is 4. The van der Waals surface area contributed by atoms with Crippen LogP contribution in [0.4, 0.5) is 4.79 Å². The molecule has 6 heteroatoms. The number of carbonyl (C=O) groups excluding carboxylic acids is 2. The van der Waals surface area contributed by atoms with Gasteiger partial charge in [0.1, 0.15) is 12.6 Å². The molecule has 1 saturated heterocycles. The summed E-state index contributed by atoms with van der Waals surface area (Å²) in [6, 6.07) is 8.83. The first kappa shape index (κ1) is 16.3. The minimum atomic E-state index is -0.586. The normalized spacial score (nSPS) is 17.6. The van der Waals surface area contributed by atoms with Crippen LogP contribution in [0.25, 0.3) is 0 Å². The molecule has 1 aliphatic heterocycles. The zero-order chi connectivity index (χ0) is 15.8. The highest BCUT2D eigenvalue weighted by Gasteiger charge is 2.34. The number of hydrogen-bond donors (Lipinski definition) is 1. The summed E-state index contributed by atoms with van der Waals surface area (Å²) in [7, 11) is 0. The van der Waals surface area contributed by atoms with Gasteiger partial charge in [-0.2, -0.15) is 0 Å². The van der Waals surface area contributed by atoms with Gasteiger partial charge in [-0.15, -0.1) is 0 Å². The number of nitrogens with zero attached hydrogens (tertiary/aromatic N) is 1. The third-order valence-corrected chi connectivity index (χ3v) is 3.41. The van der Waals surface area contributed by atoms with E-state index < -0.39 is 12.1 Å². The van der Waals surface area contributed by atoms with Crippen molar-refractivity contribution in [2.45, 2.75) is 38.8 Å². The van der Waals surface area contributed by atoms with E-state index in [0.717, 1.165) is 18.4 Å². The number of amides is 2. The quantitative estimate of drug-likeness (QED) is 0.785. The van der Waals surface area contributed by atoms with Crippen LogP contribution in [0, 0.1) is 0 Å². The molecular formula is C16H22N2O4. The van der Waals surface area contributed by atoms with Crippen LogP contribution in [0.1, 0.15) is 31.7 Å². The van der Waals surface area contributed by atoms with Gasteiger partial charge in [0.2, 0.25) is 0 Å². The third kappa shape index (κ3) is 4.73. The van der Waals surface area contributed by atoms with Gasteiger partial charge in [0, 0.05) is 0 Å². The topological polar surface area (TPSA) is 67.9 Å². The molecule has 120 valence electrons. The molecule has 1 atom stereocenters. The maximum absolute atomic E-state index is 12.0. The zero-order valence-electron chi connectivity index (χ0n) is 12.8. The van der Waals surface area contributed by atoms with Crippen molar-refractivity contribution in [2.75, 3.05) is 13.2 Å². The highest BCUT2D eigenvalue weighted by molar-refractivity contribution is 5.86. The fourth-order valence-corrected chi connectivity index (χ4v) is 2.14. The van der Waals surface area contributed by atoms with Gasteiger partial charge in [-0.25, -0.2) is 9.86 Å². The Balaban J connectivity index is 1.72. The van der Waals surface area contributed by atoms with Crippen molar-refractivity contribution in [1.82, 2.24) is 10.4 Å². The zero-order valence-corrected chi connectivity index (χ0v) is 12.8. The van der Waals surface area contributed by atoms with E-state index in [4.69, 9.17) is 9.57 Å². The second kappa shape index (κ2) is 8.38. The number of benzene rings is 1. The Kier molecular flexibility index (Phi) is 6.21. The van der Waals surface area contributed by atoms with Crippen molar-refractivity contribution in [1.29, 1.82) is 0 Å². The van der Waals surface area contributed by atoms with E-state index in [1.54, 1.807) is 0 Å². The van der Waals surface area contributed by atoms with Crippen molar-refractivity contribution >= 4 is 12.0 Å². The van der Waals surface area contributed by atoms with Gasteiger partial charge in [0.05, 0.1) is 13.2 Å². The molecule has 1 aromatic rings. The fraction of sp³-hybridized carbons (Fsp3) is 0.500. The van der Waals surface area contributed by atoms with Gasteiger partial charge in [0.25, 0.3) is 5.91 Å². The lowest BCUT2D eigenvalue weighted by Crippen LogP contribution is -2.41. The molecule has 0 aliphatic carbocycles. The van der Waals surface area contributed by atoms with Crippen LogP contribution in [-0.4, -0.2) is 36.3 Å². The van der Waals surface area contributed by atoms with Gasteiger partial charge in [0.15, 0.2) is 0 Å². The molecule has 1 aromatic carbocycles. The predicted molar refractivity (Wildman–Crippen MR) is 80.7 cm³/mol. The highest BCUT2D eigenvalue weighted by Crippen LogP contribution is 2.12. The van der Waals surface area contributed by atoms with Gasteiger partial charge in [-0.3, -0.25) is 9.63 Å². The Hall–Kier alpha value is -2.08. The van der Waals surface area contributed by atoms with Crippen LogP contribution in [0.3, 0.4) is 0 Å². The molecule has 1 N–H and O–H groups in total. The summed E-state index contributed by atoms with van der Waals surface area (Å²) in [5, 5.41) is 3.92. The second-order valence-electron chi connectivity index (χ2n) is 5.17. The van der Waals surface area contributed by atoms with Crippen molar-refractivity contribution in [3.63, 3.8) is 0 Å². The summed E-state index contributed by atoms with van der Waals surface area (Å²) in [4.78, 5) is 29.2. The molecule has 0 spiro atoms. The first-order valence-corrected chi connectivity index (χ1v) is 7.62. The van der Waals surface area contributed by atoms with Gasteiger partial charge in [-0.1, -0.05) is 43.7 Å². The molecule has 0 unspecified atom stereocenters. The lowest BCUT2D eigenvalue weighted by Gasteiger charge is -2.16. The maximum Gasteiger partial charge on any atom is 0.408 e. The molecule has 2 amide bonds. The van der Waals surface area contributed by atoms with Crippen LogP contribution in [0.15, 0.2) is 30.3 Å². The van der Waals surface area contributed by atoms with Gasteiger partial charge in [-0.05, 0) is 18.4 Å². The number of alkyl carbamates (subject to hydrolysis) is 1. The van der Waals surface area contributed by atoms with Crippen LogP contribution in [-0.2, 0) is 21.0 Å². The van der Waals surface area contributed by atoms with Crippen molar-refractivity contribution in [3.8, 4) is 0 Å². The van der Waals surface area contributed by atoms with Crippen LogP contribution >= 0.6 is 0 Å². The largest absolute Gasteiger partial charge is 0.445 e. The molecule has 6 nitrogen and oxygen atoms in total. The van der Waals surface area contributed by atoms with E-state index in [0.29, 0.717) is 19.6 Å². The summed E-state index contributed by atoms with van der Waals surface area (Å²) in [5.41, 5.74) is 0.903. The lowest BCUT2D eigenvalue weighted by atomic mass is 10.2. The molecule has 2 rings (SSSR count). The molecular weight excluding hydrogens is 284 g/mol. The molecule has 0 radical (unpaired) electrons. The predicted octanol–water partition coefficient (Wildman–Crippen LogP) is 2.25. The Bertz CT molecular complexity index is 492. The van der Waals surface area contributed by atoms with Crippen molar-refractivity contribution in [3.05, 3.63) is 35.9 Å². The van der Waals surface area contributed by atoms with E-state index in [-0.39, 0.29) is 12.5 Å². The number of rotatable bonds is 7. The third-order valence-electron chi connectivity index (χ3n) is 3.41. The highest BCUT2D eigenvalue weighted by atomic mass is 16.7. The first-order valence-electron chi connectivity index (χ1n) is 7.62. The second-order valence-corrected chi connectivity index (χ2v) is 5.17. The molecule has 22 heavy (non-hydrogen) atoms.